The van der Waals surface area contributed by atoms with Gasteiger partial charge in [-0.1, -0.05) is 24.6 Å². The molecular weight excluding hydrogens is 272 g/mol. The molecule has 1 aliphatic rings. The number of rotatable bonds is 5. The lowest BCUT2D eigenvalue weighted by Gasteiger charge is -2.11. The number of halogens is 1. The summed E-state index contributed by atoms with van der Waals surface area (Å²) in [6, 6.07) is 4.97. The third kappa shape index (κ3) is 2.59. The number of hydrogen-bond acceptors (Lipinski definition) is 3. The molecular formula is C13H15ClO3S. The summed E-state index contributed by atoms with van der Waals surface area (Å²) >= 11 is 6.06. The molecule has 0 saturated heterocycles. The number of sulfone groups is 1. The highest BCUT2D eigenvalue weighted by molar-refractivity contribution is 7.92. The average Bonchev–Trinajstić information content (AvgIpc) is 3.12. The van der Waals surface area contributed by atoms with E-state index in [0.717, 1.165) is 24.7 Å². The summed E-state index contributed by atoms with van der Waals surface area (Å²) in [6.07, 6.45) is 2.71. The smallest absolute Gasteiger partial charge is 0.182 e. The lowest BCUT2D eigenvalue weighted by atomic mass is 9.99. The van der Waals surface area contributed by atoms with Crippen LogP contribution in [0.2, 0.25) is 5.02 Å². The van der Waals surface area contributed by atoms with Crippen molar-refractivity contribution < 1.29 is 13.2 Å². The Bertz CT molecular complexity index is 562. The van der Waals surface area contributed by atoms with Crippen molar-refractivity contribution in [2.24, 2.45) is 0 Å². The van der Waals surface area contributed by atoms with Crippen LogP contribution in [0, 0.1) is 0 Å². The predicted molar refractivity (Wildman–Crippen MR) is 70.8 cm³/mol. The molecule has 0 N–H and O–H groups in total. The van der Waals surface area contributed by atoms with Crippen LogP contribution in [0.4, 0.5) is 0 Å². The first kappa shape index (κ1) is 13.6. The molecule has 1 fully saturated rings. The van der Waals surface area contributed by atoms with Crippen molar-refractivity contribution in [3.63, 3.8) is 0 Å². The van der Waals surface area contributed by atoms with E-state index in [1.807, 2.05) is 6.92 Å². The van der Waals surface area contributed by atoms with Gasteiger partial charge in [0.15, 0.2) is 9.84 Å². The van der Waals surface area contributed by atoms with Gasteiger partial charge in [-0.05, 0) is 36.5 Å². The van der Waals surface area contributed by atoms with Crippen LogP contribution in [0.1, 0.15) is 37.7 Å². The fourth-order valence-electron chi connectivity index (χ4n) is 1.89. The monoisotopic (exact) mass is 286 g/mol. The molecule has 0 amide bonds. The highest BCUT2D eigenvalue weighted by Gasteiger charge is 2.38. The Morgan fingerprint density at radius 3 is 2.61 bits per heavy atom. The van der Waals surface area contributed by atoms with Gasteiger partial charge in [0.2, 0.25) is 0 Å². The fraction of sp³-hybridized carbons (Fsp3) is 0.462. The Morgan fingerprint density at radius 2 is 2.11 bits per heavy atom. The summed E-state index contributed by atoms with van der Waals surface area (Å²) in [4.78, 5) is 10.7. The van der Waals surface area contributed by atoms with Gasteiger partial charge < -0.3 is 4.79 Å². The van der Waals surface area contributed by atoms with Crippen LogP contribution < -0.4 is 0 Å². The van der Waals surface area contributed by atoms with Gasteiger partial charge in [0, 0.05) is 6.42 Å². The Kier molecular flexibility index (Phi) is 3.78. The van der Waals surface area contributed by atoms with E-state index in [1.165, 1.54) is 0 Å². The minimum Gasteiger partial charge on any atom is -0.303 e. The zero-order valence-corrected chi connectivity index (χ0v) is 11.7. The first-order chi connectivity index (χ1) is 8.46. The molecule has 3 nitrogen and oxygen atoms in total. The normalized spacial score (nSPS) is 17.4. The molecule has 2 rings (SSSR count). The van der Waals surface area contributed by atoms with Gasteiger partial charge in [-0.3, -0.25) is 0 Å². The van der Waals surface area contributed by atoms with Crippen LogP contribution >= 0.6 is 11.6 Å². The van der Waals surface area contributed by atoms with E-state index in [2.05, 4.69) is 0 Å². The van der Waals surface area contributed by atoms with Gasteiger partial charge >= 0.3 is 0 Å². The molecule has 0 spiro atoms. The molecule has 1 atom stereocenters. The Hall–Kier alpha value is -0.870. The van der Waals surface area contributed by atoms with Crippen molar-refractivity contribution in [2.45, 2.75) is 42.2 Å². The maximum absolute atomic E-state index is 12.1. The Morgan fingerprint density at radius 1 is 1.44 bits per heavy atom. The van der Waals surface area contributed by atoms with Crippen molar-refractivity contribution in [2.75, 3.05) is 0 Å². The zero-order chi connectivity index (χ0) is 13.3. The van der Waals surface area contributed by atoms with Crippen molar-refractivity contribution in [3.05, 3.63) is 28.8 Å². The summed E-state index contributed by atoms with van der Waals surface area (Å²) in [5.41, 5.74) is 0.891. The van der Waals surface area contributed by atoms with E-state index >= 15 is 0 Å². The average molecular weight is 287 g/mol. The highest BCUT2D eigenvalue weighted by Crippen LogP contribution is 2.37. The van der Waals surface area contributed by atoms with Gasteiger partial charge in [0.25, 0.3) is 0 Å². The van der Waals surface area contributed by atoms with Crippen LogP contribution in [-0.4, -0.2) is 20.0 Å². The summed E-state index contributed by atoms with van der Waals surface area (Å²) in [5, 5.41) is 0.00500. The molecule has 1 unspecified atom stereocenters. The van der Waals surface area contributed by atoms with Crippen molar-refractivity contribution in [3.8, 4) is 0 Å². The first-order valence-electron chi connectivity index (χ1n) is 5.93. The third-order valence-electron chi connectivity index (χ3n) is 3.24. The maximum atomic E-state index is 12.1. The molecule has 1 saturated carbocycles. The summed E-state index contributed by atoms with van der Waals surface area (Å²) in [6.45, 7) is 1.91. The minimum atomic E-state index is -3.25. The molecule has 0 aliphatic heterocycles. The summed E-state index contributed by atoms with van der Waals surface area (Å²) in [7, 11) is -3.25. The van der Waals surface area contributed by atoms with E-state index in [1.54, 1.807) is 18.2 Å². The summed E-state index contributed by atoms with van der Waals surface area (Å²) in [5.74, 6) is 0.0534. The molecule has 0 aromatic heterocycles. The van der Waals surface area contributed by atoms with E-state index in [-0.39, 0.29) is 21.1 Å². The maximum Gasteiger partial charge on any atom is 0.182 e. The lowest BCUT2D eigenvalue weighted by Crippen LogP contribution is -2.08. The number of carbonyl (C=O) groups excluding carboxylic acids is 1. The largest absolute Gasteiger partial charge is 0.303 e. The molecule has 1 aliphatic carbocycles. The van der Waals surface area contributed by atoms with Crippen LogP contribution in [0.5, 0.6) is 0 Å². The van der Waals surface area contributed by atoms with Gasteiger partial charge in [-0.2, -0.15) is 0 Å². The van der Waals surface area contributed by atoms with E-state index in [9.17, 15) is 13.2 Å². The molecule has 1 aromatic carbocycles. The zero-order valence-electron chi connectivity index (χ0n) is 10.1. The standard InChI is InChI=1S/C13H15ClO3S/c1-9(6-7-15)10-2-5-13(12(14)8-10)18(16,17)11-3-4-11/h2,5,7-9,11H,3-4,6H2,1H3. The Balaban J connectivity index is 2.33. The minimum absolute atomic E-state index is 0.0534. The molecule has 5 heteroatoms. The second-order valence-electron chi connectivity index (χ2n) is 4.74. The second kappa shape index (κ2) is 5.02. The van der Waals surface area contributed by atoms with Crippen molar-refractivity contribution >= 4 is 27.7 Å². The fourth-order valence-corrected chi connectivity index (χ4v) is 4.11. The molecule has 0 bridgehead atoms. The predicted octanol–water partition coefficient (Wildman–Crippen LogP) is 2.97. The first-order valence-corrected chi connectivity index (χ1v) is 7.86. The van der Waals surface area contributed by atoms with Crippen LogP contribution in [-0.2, 0) is 14.6 Å². The molecule has 98 valence electrons. The van der Waals surface area contributed by atoms with Gasteiger partial charge in [-0.15, -0.1) is 0 Å². The molecule has 0 radical (unpaired) electrons. The topological polar surface area (TPSA) is 51.2 Å². The number of aldehydes is 1. The lowest BCUT2D eigenvalue weighted by molar-refractivity contribution is -0.108. The van der Waals surface area contributed by atoms with Gasteiger partial charge in [-0.25, -0.2) is 8.42 Å². The van der Waals surface area contributed by atoms with E-state index in [0.29, 0.717) is 6.42 Å². The third-order valence-corrected chi connectivity index (χ3v) is 5.99. The van der Waals surface area contributed by atoms with Crippen LogP contribution in [0.3, 0.4) is 0 Å². The highest BCUT2D eigenvalue weighted by atomic mass is 35.5. The SMILES string of the molecule is CC(CC=O)c1ccc(S(=O)(=O)C2CC2)c(Cl)c1. The van der Waals surface area contributed by atoms with E-state index < -0.39 is 9.84 Å². The van der Waals surface area contributed by atoms with E-state index in [4.69, 9.17) is 11.6 Å². The van der Waals surface area contributed by atoms with Crippen LogP contribution in [0.25, 0.3) is 0 Å². The van der Waals surface area contributed by atoms with Gasteiger partial charge in [0.1, 0.15) is 6.29 Å². The van der Waals surface area contributed by atoms with Gasteiger partial charge in [0.05, 0.1) is 15.2 Å². The number of hydrogen-bond donors (Lipinski definition) is 0. The Labute approximate surface area is 112 Å². The molecule has 18 heavy (non-hydrogen) atoms. The summed E-state index contributed by atoms with van der Waals surface area (Å²) < 4.78 is 24.2. The quantitative estimate of drug-likeness (QED) is 0.782. The van der Waals surface area contributed by atoms with Crippen molar-refractivity contribution in [1.82, 2.24) is 0 Å². The second-order valence-corrected chi connectivity index (χ2v) is 7.34. The van der Waals surface area contributed by atoms with Crippen molar-refractivity contribution in [1.29, 1.82) is 0 Å². The van der Waals surface area contributed by atoms with Crippen LogP contribution in [0.15, 0.2) is 23.1 Å². The molecule has 0 heterocycles. The molecule has 1 aromatic rings. The number of carbonyl (C=O) groups is 1. The number of benzene rings is 1.